The van der Waals surface area contributed by atoms with Crippen molar-refractivity contribution in [2.24, 2.45) is 5.92 Å². The fraction of sp³-hybridized carbons (Fsp3) is 0.364. The van der Waals surface area contributed by atoms with E-state index in [4.69, 9.17) is 4.74 Å². The van der Waals surface area contributed by atoms with Crippen molar-refractivity contribution in [1.82, 2.24) is 10.2 Å². The third-order valence-corrected chi connectivity index (χ3v) is 5.07. The summed E-state index contributed by atoms with van der Waals surface area (Å²) < 4.78 is 5.16. The maximum Gasteiger partial charge on any atom is 0.225 e. The summed E-state index contributed by atoms with van der Waals surface area (Å²) in [5.74, 6) is 0.544. The summed E-state index contributed by atoms with van der Waals surface area (Å²) in [6.45, 7) is 3.08. The molecule has 5 heteroatoms. The van der Waals surface area contributed by atoms with Crippen LogP contribution in [0, 0.1) is 5.92 Å². The largest absolute Gasteiger partial charge is 0.497 e. The first kappa shape index (κ1) is 19.0. The number of likely N-dealkylation sites (tertiary alicyclic amines) is 1. The number of nitrogens with one attached hydrogen (secondary N) is 1. The van der Waals surface area contributed by atoms with Gasteiger partial charge < -0.3 is 15.0 Å². The number of carbonyl (C=O) groups is 2. The number of hydrogen-bond donors (Lipinski definition) is 1. The van der Waals surface area contributed by atoms with Gasteiger partial charge in [-0.3, -0.25) is 9.59 Å². The van der Waals surface area contributed by atoms with Crippen molar-refractivity contribution >= 4 is 11.8 Å². The predicted molar refractivity (Wildman–Crippen MR) is 104 cm³/mol. The Morgan fingerprint density at radius 3 is 2.56 bits per heavy atom. The van der Waals surface area contributed by atoms with Crippen molar-refractivity contribution in [2.45, 2.75) is 25.8 Å². The molecular formula is C22H26N2O3. The SMILES string of the molecule is COc1ccc(CCN2CC(C(=O)NC(C)c3ccccc3)CC2=O)cc1. The van der Waals surface area contributed by atoms with Crippen molar-refractivity contribution in [3.63, 3.8) is 0 Å². The van der Waals surface area contributed by atoms with Crippen molar-refractivity contribution in [3.05, 3.63) is 65.7 Å². The number of benzene rings is 2. The second-order valence-electron chi connectivity index (χ2n) is 6.98. The van der Waals surface area contributed by atoms with E-state index >= 15 is 0 Å². The Labute approximate surface area is 160 Å². The summed E-state index contributed by atoms with van der Waals surface area (Å²) in [5, 5.41) is 3.03. The van der Waals surface area contributed by atoms with Crippen LogP contribution in [0.15, 0.2) is 54.6 Å². The molecule has 1 saturated heterocycles. The van der Waals surface area contributed by atoms with Crippen molar-refractivity contribution < 1.29 is 14.3 Å². The molecule has 27 heavy (non-hydrogen) atoms. The van der Waals surface area contributed by atoms with Crippen LogP contribution in [-0.2, 0) is 16.0 Å². The van der Waals surface area contributed by atoms with E-state index in [0.717, 1.165) is 23.3 Å². The van der Waals surface area contributed by atoms with Gasteiger partial charge in [0.05, 0.1) is 19.1 Å². The van der Waals surface area contributed by atoms with E-state index in [1.165, 1.54) is 0 Å². The molecule has 1 N–H and O–H groups in total. The van der Waals surface area contributed by atoms with E-state index in [2.05, 4.69) is 5.32 Å². The molecule has 0 aromatic heterocycles. The predicted octanol–water partition coefficient (Wildman–Crippen LogP) is 2.96. The summed E-state index contributed by atoms with van der Waals surface area (Å²) >= 11 is 0. The molecule has 0 aliphatic carbocycles. The van der Waals surface area contributed by atoms with Gasteiger partial charge in [-0.1, -0.05) is 42.5 Å². The van der Waals surface area contributed by atoms with Crippen LogP contribution >= 0.6 is 0 Å². The number of carbonyl (C=O) groups excluding carboxylic acids is 2. The molecule has 2 aromatic rings. The molecule has 1 fully saturated rings. The molecule has 1 aliphatic rings. The molecule has 0 saturated carbocycles. The molecule has 1 heterocycles. The van der Waals surface area contributed by atoms with Crippen molar-refractivity contribution in [3.8, 4) is 5.75 Å². The van der Waals surface area contributed by atoms with Gasteiger partial charge in [0.2, 0.25) is 11.8 Å². The molecule has 0 radical (unpaired) electrons. The van der Waals surface area contributed by atoms with E-state index in [9.17, 15) is 9.59 Å². The number of rotatable bonds is 7. The van der Waals surface area contributed by atoms with Gasteiger partial charge in [-0.2, -0.15) is 0 Å². The Bertz CT molecular complexity index is 774. The molecule has 5 nitrogen and oxygen atoms in total. The highest BCUT2D eigenvalue weighted by atomic mass is 16.5. The monoisotopic (exact) mass is 366 g/mol. The highest BCUT2D eigenvalue weighted by Crippen LogP contribution is 2.21. The lowest BCUT2D eigenvalue weighted by atomic mass is 10.1. The van der Waals surface area contributed by atoms with Gasteiger partial charge in [-0.05, 0) is 36.6 Å². The first-order valence-electron chi connectivity index (χ1n) is 9.33. The molecule has 1 aliphatic heterocycles. The Morgan fingerprint density at radius 1 is 1.19 bits per heavy atom. The average molecular weight is 366 g/mol. The molecule has 2 atom stereocenters. The van der Waals surface area contributed by atoms with Gasteiger partial charge in [-0.25, -0.2) is 0 Å². The minimum Gasteiger partial charge on any atom is -0.497 e. The van der Waals surface area contributed by atoms with E-state index in [1.54, 1.807) is 12.0 Å². The molecule has 142 valence electrons. The molecule has 2 amide bonds. The second kappa shape index (κ2) is 8.71. The zero-order valence-electron chi connectivity index (χ0n) is 15.9. The topological polar surface area (TPSA) is 58.6 Å². The highest BCUT2D eigenvalue weighted by molar-refractivity contribution is 5.89. The van der Waals surface area contributed by atoms with E-state index in [-0.39, 0.29) is 30.2 Å². The average Bonchev–Trinajstić information content (AvgIpc) is 3.08. The second-order valence-corrected chi connectivity index (χ2v) is 6.98. The third-order valence-electron chi connectivity index (χ3n) is 5.07. The van der Waals surface area contributed by atoms with Crippen LogP contribution in [0.25, 0.3) is 0 Å². The number of amides is 2. The lowest BCUT2D eigenvalue weighted by Crippen LogP contribution is -2.35. The molecular weight excluding hydrogens is 340 g/mol. The summed E-state index contributed by atoms with van der Waals surface area (Å²) in [7, 11) is 1.64. The Morgan fingerprint density at radius 2 is 1.89 bits per heavy atom. The van der Waals surface area contributed by atoms with Crippen molar-refractivity contribution in [2.75, 3.05) is 20.2 Å². The molecule has 0 spiro atoms. The van der Waals surface area contributed by atoms with Crippen LogP contribution in [0.1, 0.15) is 30.5 Å². The van der Waals surface area contributed by atoms with Gasteiger partial charge in [-0.15, -0.1) is 0 Å². The van der Waals surface area contributed by atoms with Gasteiger partial charge in [0, 0.05) is 19.5 Å². The summed E-state index contributed by atoms with van der Waals surface area (Å²) in [4.78, 5) is 26.6. The van der Waals surface area contributed by atoms with Gasteiger partial charge in [0.15, 0.2) is 0 Å². The summed E-state index contributed by atoms with van der Waals surface area (Å²) in [5.41, 5.74) is 2.21. The zero-order chi connectivity index (χ0) is 19.2. The lowest BCUT2D eigenvalue weighted by molar-refractivity contribution is -0.129. The Hall–Kier alpha value is -2.82. The Balaban J connectivity index is 1.51. The van der Waals surface area contributed by atoms with Crippen LogP contribution in [0.2, 0.25) is 0 Å². The normalized spacial score (nSPS) is 17.6. The van der Waals surface area contributed by atoms with Gasteiger partial charge >= 0.3 is 0 Å². The van der Waals surface area contributed by atoms with E-state index < -0.39 is 0 Å². The zero-order valence-corrected chi connectivity index (χ0v) is 15.9. The van der Waals surface area contributed by atoms with Gasteiger partial charge in [0.1, 0.15) is 5.75 Å². The van der Waals surface area contributed by atoms with E-state index in [1.807, 2.05) is 61.5 Å². The minimum absolute atomic E-state index is 0.0494. The fourth-order valence-corrected chi connectivity index (χ4v) is 3.38. The first-order valence-corrected chi connectivity index (χ1v) is 9.33. The molecule has 2 aromatic carbocycles. The maximum atomic E-state index is 12.6. The minimum atomic E-state index is -0.278. The first-order chi connectivity index (χ1) is 13.1. The summed E-state index contributed by atoms with van der Waals surface area (Å²) in [6, 6.07) is 17.6. The standard InChI is InChI=1S/C22H26N2O3/c1-16(18-6-4-3-5-7-18)23-22(26)19-14-21(25)24(15-19)13-12-17-8-10-20(27-2)11-9-17/h3-11,16,19H,12-15H2,1-2H3,(H,23,26). The van der Waals surface area contributed by atoms with Crippen LogP contribution in [0.5, 0.6) is 5.75 Å². The third kappa shape index (κ3) is 4.88. The molecule has 3 rings (SSSR count). The van der Waals surface area contributed by atoms with E-state index in [0.29, 0.717) is 13.1 Å². The van der Waals surface area contributed by atoms with Gasteiger partial charge in [0.25, 0.3) is 0 Å². The Kier molecular flexibility index (Phi) is 6.12. The molecule has 0 bridgehead atoms. The van der Waals surface area contributed by atoms with Crippen LogP contribution in [-0.4, -0.2) is 36.9 Å². The van der Waals surface area contributed by atoms with Crippen molar-refractivity contribution in [1.29, 1.82) is 0 Å². The highest BCUT2D eigenvalue weighted by Gasteiger charge is 2.34. The maximum absolute atomic E-state index is 12.6. The number of nitrogens with zero attached hydrogens (tertiary/aromatic N) is 1. The van der Waals surface area contributed by atoms with Crippen LogP contribution < -0.4 is 10.1 Å². The quantitative estimate of drug-likeness (QED) is 0.820. The number of methoxy groups -OCH3 is 1. The van der Waals surface area contributed by atoms with Crippen LogP contribution in [0.4, 0.5) is 0 Å². The number of hydrogen-bond acceptors (Lipinski definition) is 3. The molecule has 2 unspecified atom stereocenters. The smallest absolute Gasteiger partial charge is 0.225 e. The fourth-order valence-electron chi connectivity index (χ4n) is 3.38. The lowest BCUT2D eigenvalue weighted by Gasteiger charge is -2.19. The number of ether oxygens (including phenoxy) is 1. The summed E-state index contributed by atoms with van der Waals surface area (Å²) in [6.07, 6.45) is 1.06. The van der Waals surface area contributed by atoms with Crippen LogP contribution in [0.3, 0.4) is 0 Å².